The molecule has 0 saturated heterocycles. The van der Waals surface area contributed by atoms with Crippen LogP contribution < -0.4 is 0 Å². The van der Waals surface area contributed by atoms with Gasteiger partial charge in [-0.1, -0.05) is 0 Å². The molecule has 0 aromatic rings. The standard InChI is InChI=1S/C17H31AsO6/c1-16(2,13(19)20)9-5-7-11-18-15(23)24-12-8-6-10-17(3,4)14(21)22/h18H,5-12H2,1-4H3,(H,19,20)(H,21,22). The van der Waals surface area contributed by atoms with Crippen molar-refractivity contribution in [3.8, 4) is 0 Å². The normalized spacial score (nSPS) is 12.5. The molecule has 0 aliphatic heterocycles. The first-order valence-electron chi connectivity index (χ1n) is 8.36. The molecule has 0 bridgehead atoms. The van der Waals surface area contributed by atoms with Crippen LogP contribution in [0.25, 0.3) is 0 Å². The van der Waals surface area contributed by atoms with Gasteiger partial charge in [0.25, 0.3) is 0 Å². The Bertz CT molecular complexity index is 393. The van der Waals surface area contributed by atoms with Crippen LogP contribution in [-0.2, 0) is 14.3 Å². The van der Waals surface area contributed by atoms with Crippen LogP contribution in [0.2, 0.25) is 5.21 Å². The molecule has 0 heterocycles. The zero-order valence-electron chi connectivity index (χ0n) is 15.2. The molecule has 0 spiro atoms. The summed E-state index contributed by atoms with van der Waals surface area (Å²) in [5, 5.41) is 18.8. The molecule has 0 aliphatic rings. The Balaban J connectivity index is 3.65. The van der Waals surface area contributed by atoms with E-state index in [1.165, 1.54) is 0 Å². The van der Waals surface area contributed by atoms with Gasteiger partial charge in [0.05, 0.1) is 0 Å². The topological polar surface area (TPSA) is 101 Å². The third-order valence-corrected chi connectivity index (χ3v) is 6.26. The number of carboxylic acid groups (broad SMARTS) is 2. The van der Waals surface area contributed by atoms with Crippen LogP contribution in [-0.4, -0.2) is 49.3 Å². The van der Waals surface area contributed by atoms with E-state index in [0.717, 1.165) is 24.5 Å². The third-order valence-electron chi connectivity index (χ3n) is 4.09. The number of carbonyl (C=O) groups excluding carboxylic acids is 1. The molecule has 0 aromatic carbocycles. The van der Waals surface area contributed by atoms with Crippen molar-refractivity contribution in [3.05, 3.63) is 0 Å². The number of carbonyl (C=O) groups is 3. The van der Waals surface area contributed by atoms with Gasteiger partial charge in [0.15, 0.2) is 0 Å². The summed E-state index contributed by atoms with van der Waals surface area (Å²) in [6.07, 6.45) is 4.25. The van der Waals surface area contributed by atoms with Crippen molar-refractivity contribution < 1.29 is 29.3 Å². The van der Waals surface area contributed by atoms with Crippen molar-refractivity contribution in [3.63, 3.8) is 0 Å². The molecule has 6 nitrogen and oxygen atoms in total. The van der Waals surface area contributed by atoms with E-state index >= 15 is 0 Å². The molecule has 0 amide bonds. The van der Waals surface area contributed by atoms with E-state index in [0.29, 0.717) is 25.9 Å². The summed E-state index contributed by atoms with van der Waals surface area (Å²) in [6, 6.07) is 0. The molecule has 0 aliphatic carbocycles. The number of hydrogen-bond acceptors (Lipinski definition) is 4. The first kappa shape index (κ1) is 23.0. The number of rotatable bonds is 13. The molecular weight excluding hydrogens is 375 g/mol. The van der Waals surface area contributed by atoms with Crippen LogP contribution in [0.3, 0.4) is 0 Å². The molecule has 0 rings (SSSR count). The fourth-order valence-corrected chi connectivity index (χ4v) is 3.73. The van der Waals surface area contributed by atoms with Gasteiger partial charge in [0, 0.05) is 0 Å². The van der Waals surface area contributed by atoms with E-state index in [4.69, 9.17) is 14.9 Å². The molecule has 0 aromatic heterocycles. The molecule has 140 valence electrons. The number of ether oxygens (including phenoxy) is 1. The van der Waals surface area contributed by atoms with Crippen molar-refractivity contribution in [1.29, 1.82) is 0 Å². The second-order valence-corrected chi connectivity index (χ2v) is 10.0. The van der Waals surface area contributed by atoms with Crippen molar-refractivity contribution in [2.75, 3.05) is 6.61 Å². The first-order chi connectivity index (χ1) is 11.0. The summed E-state index contributed by atoms with van der Waals surface area (Å²) in [4.78, 5) is 33.5. The number of hydrogen-bond donors (Lipinski definition) is 2. The number of aliphatic carboxylic acids is 2. The van der Waals surface area contributed by atoms with E-state index in [-0.39, 0.29) is 4.76 Å². The van der Waals surface area contributed by atoms with Crippen molar-refractivity contribution in [2.45, 2.75) is 71.4 Å². The summed E-state index contributed by atoms with van der Waals surface area (Å²) < 4.78 is 5.06. The van der Waals surface area contributed by atoms with Crippen molar-refractivity contribution >= 4 is 32.4 Å². The molecular formula is C17H31AsO6. The zero-order valence-corrected chi connectivity index (χ0v) is 17.3. The van der Waals surface area contributed by atoms with Crippen LogP contribution in [0.5, 0.6) is 0 Å². The van der Waals surface area contributed by atoms with Crippen LogP contribution in [0.1, 0.15) is 66.2 Å². The Morgan fingerprint density at radius 1 is 0.833 bits per heavy atom. The van der Waals surface area contributed by atoms with Crippen LogP contribution in [0.4, 0.5) is 4.79 Å². The Morgan fingerprint density at radius 3 is 1.75 bits per heavy atom. The Morgan fingerprint density at radius 2 is 1.29 bits per heavy atom. The Labute approximate surface area is 151 Å². The molecule has 7 heteroatoms. The van der Waals surface area contributed by atoms with Gasteiger partial charge in [-0.3, -0.25) is 0 Å². The molecule has 0 saturated carbocycles. The van der Waals surface area contributed by atoms with Crippen molar-refractivity contribution in [1.82, 2.24) is 0 Å². The number of unbranched alkanes of at least 4 members (excludes halogenated alkanes) is 2. The van der Waals surface area contributed by atoms with Crippen LogP contribution in [0.15, 0.2) is 0 Å². The average molecular weight is 406 g/mol. The van der Waals surface area contributed by atoms with Gasteiger partial charge in [-0.05, 0) is 0 Å². The zero-order chi connectivity index (χ0) is 18.8. The summed E-state index contributed by atoms with van der Waals surface area (Å²) in [5.41, 5.74) is -1.44. The molecule has 24 heavy (non-hydrogen) atoms. The number of carboxylic acids is 2. The van der Waals surface area contributed by atoms with Crippen molar-refractivity contribution in [2.24, 2.45) is 10.8 Å². The van der Waals surface area contributed by atoms with Gasteiger partial charge in [0.2, 0.25) is 0 Å². The van der Waals surface area contributed by atoms with E-state index in [1.54, 1.807) is 27.7 Å². The fraction of sp³-hybridized carbons (Fsp3) is 0.824. The predicted octanol–water partition coefficient (Wildman–Crippen LogP) is 3.54. The minimum atomic E-state index is -0.808. The Kier molecular flexibility index (Phi) is 10.3. The summed E-state index contributed by atoms with van der Waals surface area (Å²) in [6.45, 7) is 7.17. The molecule has 2 N–H and O–H groups in total. The maximum absolute atomic E-state index is 11.6. The quantitative estimate of drug-likeness (QED) is 0.358. The van der Waals surface area contributed by atoms with Gasteiger partial charge in [-0.15, -0.1) is 0 Å². The SMILES string of the molecule is CC(C)(CCCCOC(=O)[AsH]CCCCC(C)(C)C(=O)O)C(=O)O. The average Bonchev–Trinajstić information content (AvgIpc) is 2.45. The summed E-state index contributed by atoms with van der Waals surface area (Å²) >= 11 is -0.798. The van der Waals surface area contributed by atoms with E-state index in [9.17, 15) is 14.4 Å². The second kappa shape index (κ2) is 10.8. The fourth-order valence-electron chi connectivity index (χ4n) is 1.98. The minimum absolute atomic E-state index is 0.120. The second-order valence-electron chi connectivity index (χ2n) is 7.35. The van der Waals surface area contributed by atoms with E-state index < -0.39 is 38.5 Å². The molecule has 0 radical (unpaired) electrons. The summed E-state index contributed by atoms with van der Waals surface area (Å²) in [5.74, 6) is -1.60. The van der Waals surface area contributed by atoms with Gasteiger partial charge in [-0.2, -0.15) is 0 Å². The van der Waals surface area contributed by atoms with Gasteiger partial charge < -0.3 is 0 Å². The monoisotopic (exact) mass is 406 g/mol. The third kappa shape index (κ3) is 9.96. The van der Waals surface area contributed by atoms with E-state index in [2.05, 4.69) is 0 Å². The van der Waals surface area contributed by atoms with E-state index in [1.807, 2.05) is 0 Å². The van der Waals surface area contributed by atoms with Crippen LogP contribution >= 0.6 is 0 Å². The molecule has 1 atom stereocenters. The van der Waals surface area contributed by atoms with Gasteiger partial charge in [-0.25, -0.2) is 0 Å². The van der Waals surface area contributed by atoms with Gasteiger partial charge in [0.1, 0.15) is 0 Å². The van der Waals surface area contributed by atoms with Crippen LogP contribution in [0, 0.1) is 10.8 Å². The first-order valence-corrected chi connectivity index (χ1v) is 10.9. The maximum atomic E-state index is 11.6. The molecule has 1 unspecified atom stereocenters. The predicted molar refractivity (Wildman–Crippen MR) is 93.8 cm³/mol. The Hall–Kier alpha value is -1.03. The summed E-state index contributed by atoms with van der Waals surface area (Å²) in [7, 11) is 0. The van der Waals surface area contributed by atoms with Gasteiger partial charge >= 0.3 is 151 Å². The molecule has 0 fully saturated rings.